The Morgan fingerprint density at radius 3 is 2.50 bits per heavy atom. The van der Waals surface area contributed by atoms with E-state index in [9.17, 15) is 9.18 Å². The van der Waals surface area contributed by atoms with Gasteiger partial charge in [-0.2, -0.15) is 0 Å². The number of halogens is 1. The van der Waals surface area contributed by atoms with Crippen molar-refractivity contribution in [2.45, 2.75) is 26.8 Å². The van der Waals surface area contributed by atoms with Crippen LogP contribution in [0.4, 0.5) is 4.39 Å². The number of nitrogens with zero attached hydrogens (tertiary/aromatic N) is 1. The van der Waals surface area contributed by atoms with E-state index in [0.717, 1.165) is 5.56 Å². The van der Waals surface area contributed by atoms with Crippen molar-refractivity contribution in [2.75, 3.05) is 0 Å². The molecule has 6 heteroatoms. The van der Waals surface area contributed by atoms with Gasteiger partial charge in [0, 0.05) is 6.54 Å². The van der Waals surface area contributed by atoms with Crippen LogP contribution in [0, 0.1) is 19.7 Å². The van der Waals surface area contributed by atoms with Crippen LogP contribution in [0.1, 0.15) is 23.1 Å². The lowest BCUT2D eigenvalue weighted by Crippen LogP contribution is -2.28. The first-order chi connectivity index (χ1) is 8.43. The third kappa shape index (κ3) is 3.73. The molecular formula is C12H16FN3O2. The number of nitrogens with two attached hydrogens (primary N) is 1. The highest BCUT2D eigenvalue weighted by Gasteiger charge is 2.07. The molecule has 0 aliphatic rings. The molecule has 0 radical (unpaired) electrons. The van der Waals surface area contributed by atoms with Crippen LogP contribution in [0.2, 0.25) is 0 Å². The molecular weight excluding hydrogens is 237 g/mol. The molecule has 0 spiro atoms. The van der Waals surface area contributed by atoms with Crippen molar-refractivity contribution in [1.29, 1.82) is 0 Å². The Hall–Kier alpha value is -2.11. The van der Waals surface area contributed by atoms with E-state index in [1.807, 2.05) is 0 Å². The zero-order valence-corrected chi connectivity index (χ0v) is 10.3. The summed E-state index contributed by atoms with van der Waals surface area (Å²) < 4.78 is 13.4. The number of nitrogens with one attached hydrogen (secondary N) is 1. The molecule has 0 saturated heterocycles. The summed E-state index contributed by atoms with van der Waals surface area (Å²) in [5.41, 5.74) is 7.08. The predicted octanol–water partition coefficient (Wildman–Crippen LogP) is 1.20. The number of rotatable bonds is 4. The predicted molar refractivity (Wildman–Crippen MR) is 65.7 cm³/mol. The zero-order valence-electron chi connectivity index (χ0n) is 10.3. The van der Waals surface area contributed by atoms with Crippen molar-refractivity contribution in [3.63, 3.8) is 0 Å². The molecule has 1 amide bonds. The highest BCUT2D eigenvalue weighted by molar-refractivity contribution is 5.98. The van der Waals surface area contributed by atoms with Crippen LogP contribution in [0.5, 0.6) is 0 Å². The van der Waals surface area contributed by atoms with Crippen molar-refractivity contribution >= 4 is 11.7 Å². The van der Waals surface area contributed by atoms with Gasteiger partial charge in [0.1, 0.15) is 11.7 Å². The maximum atomic E-state index is 13.4. The van der Waals surface area contributed by atoms with Crippen molar-refractivity contribution in [2.24, 2.45) is 10.9 Å². The van der Waals surface area contributed by atoms with Crippen LogP contribution in [0.25, 0.3) is 0 Å². The first-order valence-electron chi connectivity index (χ1n) is 5.42. The second kappa shape index (κ2) is 6.00. The normalized spacial score (nSPS) is 11.4. The Morgan fingerprint density at radius 1 is 1.44 bits per heavy atom. The van der Waals surface area contributed by atoms with E-state index in [2.05, 4.69) is 10.5 Å². The molecule has 0 aliphatic carbocycles. The molecule has 0 unspecified atom stereocenters. The van der Waals surface area contributed by atoms with Crippen molar-refractivity contribution in [3.8, 4) is 0 Å². The van der Waals surface area contributed by atoms with Crippen LogP contribution in [0.15, 0.2) is 17.3 Å². The fourth-order valence-corrected chi connectivity index (χ4v) is 1.60. The lowest BCUT2D eigenvalue weighted by molar-refractivity contribution is -0.120. The summed E-state index contributed by atoms with van der Waals surface area (Å²) in [6.07, 6.45) is -0.171. The molecule has 0 aliphatic heterocycles. The number of carbonyl (C=O) groups excluding carboxylic acids is 1. The highest BCUT2D eigenvalue weighted by atomic mass is 19.1. The second-order valence-electron chi connectivity index (χ2n) is 4.09. The first-order valence-corrected chi connectivity index (χ1v) is 5.42. The first kappa shape index (κ1) is 14.0. The number of amidine groups is 1. The lowest BCUT2D eigenvalue weighted by atomic mass is 10.1. The van der Waals surface area contributed by atoms with E-state index < -0.39 is 0 Å². The topological polar surface area (TPSA) is 87.7 Å². The van der Waals surface area contributed by atoms with Gasteiger partial charge in [-0.05, 0) is 30.5 Å². The minimum absolute atomic E-state index is 0.154. The standard InChI is InChI=1S/C12H16FN3O2/c1-7-3-9(4-8(2)12(7)13)6-15-11(17)5-10(14)16-18/h3-4,18H,5-6H2,1-2H3,(H2,14,16)(H,15,17). The smallest absolute Gasteiger partial charge is 0.227 e. The van der Waals surface area contributed by atoms with Gasteiger partial charge in [-0.1, -0.05) is 17.3 Å². The Bertz CT molecular complexity index is 463. The summed E-state index contributed by atoms with van der Waals surface area (Å²) >= 11 is 0. The highest BCUT2D eigenvalue weighted by Crippen LogP contribution is 2.14. The van der Waals surface area contributed by atoms with E-state index >= 15 is 0 Å². The van der Waals surface area contributed by atoms with E-state index in [1.165, 1.54) is 0 Å². The Labute approximate surface area is 104 Å². The van der Waals surface area contributed by atoms with Gasteiger partial charge in [0.25, 0.3) is 0 Å². The molecule has 0 heterocycles. The molecule has 18 heavy (non-hydrogen) atoms. The number of aryl methyl sites for hydroxylation is 2. The monoisotopic (exact) mass is 253 g/mol. The zero-order chi connectivity index (χ0) is 13.7. The van der Waals surface area contributed by atoms with Gasteiger partial charge in [0.2, 0.25) is 5.91 Å². The number of hydrogen-bond donors (Lipinski definition) is 3. The fraction of sp³-hybridized carbons (Fsp3) is 0.333. The second-order valence-corrected chi connectivity index (χ2v) is 4.09. The van der Waals surface area contributed by atoms with Crippen molar-refractivity contribution in [3.05, 3.63) is 34.6 Å². The van der Waals surface area contributed by atoms with Gasteiger partial charge in [0.05, 0.1) is 6.42 Å². The van der Waals surface area contributed by atoms with Crippen LogP contribution < -0.4 is 11.1 Å². The quantitative estimate of drug-likeness (QED) is 0.326. The average Bonchev–Trinajstić information content (AvgIpc) is 2.33. The van der Waals surface area contributed by atoms with Gasteiger partial charge in [-0.3, -0.25) is 4.79 Å². The SMILES string of the molecule is Cc1cc(CNC(=O)CC(N)=NO)cc(C)c1F. The lowest BCUT2D eigenvalue weighted by Gasteiger charge is -2.08. The summed E-state index contributed by atoms with van der Waals surface area (Å²) in [6.45, 7) is 3.62. The van der Waals surface area contributed by atoms with Gasteiger partial charge >= 0.3 is 0 Å². The molecule has 1 aromatic rings. The van der Waals surface area contributed by atoms with Gasteiger partial charge in [-0.15, -0.1) is 0 Å². The van der Waals surface area contributed by atoms with Gasteiger partial charge < -0.3 is 16.3 Å². The third-order valence-corrected chi connectivity index (χ3v) is 2.46. The number of carbonyl (C=O) groups is 1. The molecule has 0 fully saturated rings. The number of amides is 1. The molecule has 0 atom stereocenters. The molecule has 0 aromatic heterocycles. The number of oxime groups is 1. The summed E-state index contributed by atoms with van der Waals surface area (Å²) in [5.74, 6) is -0.745. The number of hydrogen-bond acceptors (Lipinski definition) is 3. The Balaban J connectivity index is 2.62. The summed E-state index contributed by atoms with van der Waals surface area (Å²) in [4.78, 5) is 11.4. The van der Waals surface area contributed by atoms with E-state index in [-0.39, 0.29) is 30.5 Å². The summed E-state index contributed by atoms with van der Waals surface area (Å²) in [6, 6.07) is 3.35. The van der Waals surface area contributed by atoms with E-state index in [1.54, 1.807) is 26.0 Å². The van der Waals surface area contributed by atoms with E-state index in [4.69, 9.17) is 10.9 Å². The third-order valence-electron chi connectivity index (χ3n) is 2.46. The maximum absolute atomic E-state index is 13.4. The molecule has 0 saturated carbocycles. The molecule has 4 N–H and O–H groups in total. The van der Waals surface area contributed by atoms with Gasteiger partial charge in [-0.25, -0.2) is 4.39 Å². The molecule has 1 aromatic carbocycles. The minimum atomic E-state index is -0.357. The molecule has 98 valence electrons. The molecule has 0 bridgehead atoms. The maximum Gasteiger partial charge on any atom is 0.227 e. The van der Waals surface area contributed by atoms with Crippen molar-refractivity contribution < 1.29 is 14.4 Å². The largest absolute Gasteiger partial charge is 0.409 e. The van der Waals surface area contributed by atoms with Gasteiger partial charge in [0.15, 0.2) is 0 Å². The van der Waals surface area contributed by atoms with Crippen molar-refractivity contribution in [1.82, 2.24) is 5.32 Å². The van der Waals surface area contributed by atoms with Crippen LogP contribution in [0.3, 0.4) is 0 Å². The Kier molecular flexibility index (Phi) is 4.65. The van der Waals surface area contributed by atoms with E-state index in [0.29, 0.717) is 11.1 Å². The van der Waals surface area contributed by atoms with Crippen LogP contribution in [-0.2, 0) is 11.3 Å². The van der Waals surface area contributed by atoms with Crippen LogP contribution >= 0.6 is 0 Å². The Morgan fingerprint density at radius 2 is 2.00 bits per heavy atom. The van der Waals surface area contributed by atoms with Crippen LogP contribution in [-0.4, -0.2) is 17.0 Å². The summed E-state index contributed by atoms with van der Waals surface area (Å²) in [5, 5.41) is 13.6. The number of benzene rings is 1. The molecule has 1 rings (SSSR count). The fourth-order valence-electron chi connectivity index (χ4n) is 1.60. The summed E-state index contributed by atoms with van der Waals surface area (Å²) in [7, 11) is 0. The minimum Gasteiger partial charge on any atom is -0.409 e. The average molecular weight is 253 g/mol. The molecule has 5 nitrogen and oxygen atoms in total.